The standard InChI is InChI=1S/C18H29F2N3O2.HI/c1-4-21-18(22-11-5-6-13(2)3)23-12-16(24)14-7-9-15(10-8-14)25-17(19)20;/h7-10,13,16-17,24H,4-6,11-12H2,1-3H3,(H2,21,22,23);1H. The number of nitrogens with zero attached hydrogens (tertiary/aromatic N) is 1. The van der Waals surface area contributed by atoms with Gasteiger partial charge in [-0.1, -0.05) is 26.0 Å². The van der Waals surface area contributed by atoms with Crippen LogP contribution >= 0.6 is 24.0 Å². The van der Waals surface area contributed by atoms with Crippen LogP contribution in [-0.4, -0.2) is 37.3 Å². The van der Waals surface area contributed by atoms with Gasteiger partial charge in [0.05, 0.1) is 12.6 Å². The van der Waals surface area contributed by atoms with Crippen molar-refractivity contribution in [1.82, 2.24) is 10.6 Å². The summed E-state index contributed by atoms with van der Waals surface area (Å²) in [7, 11) is 0. The van der Waals surface area contributed by atoms with Crippen molar-refractivity contribution in [1.29, 1.82) is 0 Å². The van der Waals surface area contributed by atoms with E-state index in [1.807, 2.05) is 6.92 Å². The van der Waals surface area contributed by atoms with Crippen LogP contribution in [0.25, 0.3) is 0 Å². The van der Waals surface area contributed by atoms with Gasteiger partial charge in [0, 0.05) is 13.1 Å². The first kappa shape index (κ1) is 24.8. The molecule has 0 aliphatic heterocycles. The molecule has 8 heteroatoms. The molecule has 0 saturated carbocycles. The van der Waals surface area contributed by atoms with Gasteiger partial charge in [-0.15, -0.1) is 24.0 Å². The summed E-state index contributed by atoms with van der Waals surface area (Å²) < 4.78 is 28.5. The molecule has 1 rings (SSSR count). The summed E-state index contributed by atoms with van der Waals surface area (Å²) in [6.07, 6.45) is 1.38. The number of halogens is 3. The molecule has 0 spiro atoms. The van der Waals surface area contributed by atoms with Gasteiger partial charge in [0.1, 0.15) is 5.75 Å². The maximum absolute atomic E-state index is 12.1. The van der Waals surface area contributed by atoms with E-state index in [4.69, 9.17) is 0 Å². The maximum atomic E-state index is 12.1. The van der Waals surface area contributed by atoms with E-state index in [0.717, 1.165) is 25.9 Å². The lowest BCUT2D eigenvalue weighted by Crippen LogP contribution is -2.38. The second-order valence-corrected chi connectivity index (χ2v) is 6.15. The van der Waals surface area contributed by atoms with E-state index in [1.165, 1.54) is 12.1 Å². The Morgan fingerprint density at radius 1 is 1.19 bits per heavy atom. The fourth-order valence-corrected chi connectivity index (χ4v) is 2.21. The lowest BCUT2D eigenvalue weighted by molar-refractivity contribution is -0.0498. The van der Waals surface area contributed by atoms with Crippen molar-refractivity contribution >= 4 is 29.9 Å². The van der Waals surface area contributed by atoms with E-state index in [1.54, 1.807) is 12.1 Å². The van der Waals surface area contributed by atoms with Gasteiger partial charge in [0.25, 0.3) is 0 Å². The molecule has 3 N–H and O–H groups in total. The Morgan fingerprint density at radius 2 is 1.85 bits per heavy atom. The minimum atomic E-state index is -2.86. The van der Waals surface area contributed by atoms with Crippen molar-refractivity contribution < 1.29 is 18.6 Å². The largest absolute Gasteiger partial charge is 0.435 e. The molecule has 5 nitrogen and oxygen atoms in total. The monoisotopic (exact) mass is 485 g/mol. The molecule has 0 heterocycles. The third kappa shape index (κ3) is 10.7. The number of hydrogen-bond acceptors (Lipinski definition) is 3. The number of aliphatic imine (C=N–C) groups is 1. The van der Waals surface area contributed by atoms with Crippen LogP contribution in [-0.2, 0) is 0 Å². The lowest BCUT2D eigenvalue weighted by Gasteiger charge is -2.14. The molecule has 0 aliphatic rings. The highest BCUT2D eigenvalue weighted by Gasteiger charge is 2.09. The summed E-state index contributed by atoms with van der Waals surface area (Å²) in [5.41, 5.74) is 0.598. The number of nitrogens with one attached hydrogen (secondary N) is 2. The molecule has 1 aromatic carbocycles. The quantitative estimate of drug-likeness (QED) is 0.204. The first-order valence-electron chi connectivity index (χ1n) is 8.67. The summed E-state index contributed by atoms with van der Waals surface area (Å²) in [5.74, 6) is 1.39. The van der Waals surface area contributed by atoms with Gasteiger partial charge in [-0.3, -0.25) is 4.99 Å². The predicted octanol–water partition coefficient (Wildman–Crippen LogP) is 3.93. The van der Waals surface area contributed by atoms with Crippen LogP contribution in [0.15, 0.2) is 29.3 Å². The molecule has 0 saturated heterocycles. The number of benzene rings is 1. The second kappa shape index (κ2) is 14.0. The number of alkyl halides is 2. The number of aliphatic hydroxyl groups is 1. The van der Waals surface area contributed by atoms with Crippen molar-refractivity contribution in [3.63, 3.8) is 0 Å². The van der Waals surface area contributed by atoms with E-state index in [-0.39, 0.29) is 36.3 Å². The average molecular weight is 485 g/mol. The Morgan fingerprint density at radius 3 is 2.38 bits per heavy atom. The molecule has 0 aliphatic carbocycles. The normalized spacial score (nSPS) is 12.7. The number of guanidine groups is 1. The van der Waals surface area contributed by atoms with Crippen LogP contribution in [0.2, 0.25) is 0 Å². The molecule has 0 fully saturated rings. The minimum Gasteiger partial charge on any atom is -0.435 e. The van der Waals surface area contributed by atoms with Gasteiger partial charge in [-0.05, 0) is 43.4 Å². The summed E-state index contributed by atoms with van der Waals surface area (Å²) in [5, 5.41) is 16.6. The molecular weight excluding hydrogens is 455 g/mol. The third-order valence-corrected chi connectivity index (χ3v) is 3.51. The van der Waals surface area contributed by atoms with E-state index in [0.29, 0.717) is 17.4 Å². The number of hydrogen-bond donors (Lipinski definition) is 3. The fraction of sp³-hybridized carbons (Fsp3) is 0.611. The van der Waals surface area contributed by atoms with Crippen LogP contribution in [0, 0.1) is 5.92 Å². The van der Waals surface area contributed by atoms with E-state index in [9.17, 15) is 13.9 Å². The maximum Gasteiger partial charge on any atom is 0.387 e. The summed E-state index contributed by atoms with van der Waals surface area (Å²) >= 11 is 0. The highest BCUT2D eigenvalue weighted by Crippen LogP contribution is 2.19. The summed E-state index contributed by atoms with van der Waals surface area (Å²) in [4.78, 5) is 4.37. The minimum absolute atomic E-state index is 0. The number of ether oxygens (including phenoxy) is 1. The van der Waals surface area contributed by atoms with Crippen LogP contribution in [0.1, 0.15) is 45.3 Å². The van der Waals surface area contributed by atoms with Gasteiger partial charge in [0.15, 0.2) is 5.96 Å². The van der Waals surface area contributed by atoms with Gasteiger partial charge in [0.2, 0.25) is 0 Å². The highest BCUT2D eigenvalue weighted by molar-refractivity contribution is 14.0. The van der Waals surface area contributed by atoms with Crippen LogP contribution in [0.4, 0.5) is 8.78 Å². The van der Waals surface area contributed by atoms with Crippen molar-refractivity contribution in [2.45, 2.75) is 46.3 Å². The van der Waals surface area contributed by atoms with Crippen molar-refractivity contribution in [3.8, 4) is 5.75 Å². The first-order chi connectivity index (χ1) is 11.9. The summed E-state index contributed by atoms with van der Waals surface area (Å²) in [6, 6.07) is 5.93. The Labute approximate surface area is 171 Å². The van der Waals surface area contributed by atoms with E-state index >= 15 is 0 Å². The molecule has 150 valence electrons. The molecule has 0 radical (unpaired) electrons. The van der Waals surface area contributed by atoms with Crippen LogP contribution < -0.4 is 15.4 Å². The molecule has 1 atom stereocenters. The fourth-order valence-electron chi connectivity index (χ4n) is 2.21. The summed E-state index contributed by atoms with van der Waals surface area (Å²) in [6.45, 7) is 5.22. The molecule has 1 aromatic rings. The van der Waals surface area contributed by atoms with Gasteiger partial charge >= 0.3 is 6.61 Å². The average Bonchev–Trinajstić information content (AvgIpc) is 2.56. The first-order valence-corrected chi connectivity index (χ1v) is 8.67. The Balaban J connectivity index is 0.00000625. The Bertz CT molecular complexity index is 514. The van der Waals surface area contributed by atoms with Crippen molar-refractivity contribution in [2.24, 2.45) is 10.9 Å². The third-order valence-electron chi connectivity index (χ3n) is 3.51. The number of aliphatic hydroxyl groups excluding tert-OH is 1. The molecule has 0 aromatic heterocycles. The lowest BCUT2D eigenvalue weighted by atomic mass is 10.1. The second-order valence-electron chi connectivity index (χ2n) is 6.15. The van der Waals surface area contributed by atoms with Gasteiger partial charge < -0.3 is 20.5 Å². The Hall–Kier alpha value is -1.16. The highest BCUT2D eigenvalue weighted by atomic mass is 127. The molecule has 1 unspecified atom stereocenters. The molecule has 0 amide bonds. The van der Waals surface area contributed by atoms with Crippen LogP contribution in [0.3, 0.4) is 0 Å². The van der Waals surface area contributed by atoms with E-state index < -0.39 is 12.7 Å². The topological polar surface area (TPSA) is 65.9 Å². The smallest absolute Gasteiger partial charge is 0.387 e. The van der Waals surface area contributed by atoms with Crippen molar-refractivity contribution in [3.05, 3.63) is 29.8 Å². The SMILES string of the molecule is CCNC(=NCC(O)c1ccc(OC(F)F)cc1)NCCCC(C)C.I. The van der Waals surface area contributed by atoms with E-state index in [2.05, 4.69) is 34.2 Å². The van der Waals surface area contributed by atoms with Gasteiger partial charge in [-0.2, -0.15) is 8.78 Å². The molecule has 26 heavy (non-hydrogen) atoms. The Kier molecular flexibility index (Phi) is 13.3. The predicted molar refractivity (Wildman–Crippen MR) is 112 cm³/mol. The molecule has 0 bridgehead atoms. The molecular formula is C18H30F2IN3O2. The zero-order valence-electron chi connectivity index (χ0n) is 15.5. The van der Waals surface area contributed by atoms with Crippen molar-refractivity contribution in [2.75, 3.05) is 19.6 Å². The van der Waals surface area contributed by atoms with Crippen LogP contribution in [0.5, 0.6) is 5.75 Å². The number of rotatable bonds is 10. The zero-order valence-corrected chi connectivity index (χ0v) is 17.9. The van der Waals surface area contributed by atoms with Gasteiger partial charge in [-0.25, -0.2) is 0 Å². The zero-order chi connectivity index (χ0) is 18.7.